The number of aliphatic hydroxyl groups is 8. The lowest BCUT2D eigenvalue weighted by atomic mass is 9.98. The summed E-state index contributed by atoms with van der Waals surface area (Å²) in [4.78, 5) is 0. The lowest BCUT2D eigenvalue weighted by molar-refractivity contribution is -0.325. The lowest BCUT2D eigenvalue weighted by Gasteiger charge is -2.41. The Hall–Kier alpha value is -0.440. The number of ether oxygens (including phenoxy) is 3. The van der Waals surface area contributed by atoms with Gasteiger partial charge in [0.1, 0.15) is 48.8 Å². The van der Waals surface area contributed by atoms with Gasteiger partial charge in [-0.15, -0.1) is 0 Å². The van der Waals surface area contributed by atoms with Crippen LogP contribution in [-0.4, -0.2) is 115 Å². The van der Waals surface area contributed by atoms with Crippen molar-refractivity contribution in [2.24, 2.45) is 0 Å². The fourth-order valence-electron chi connectivity index (χ4n) is 2.46. The average molecular weight is 342 g/mol. The van der Waals surface area contributed by atoms with Crippen LogP contribution in [0.2, 0.25) is 0 Å². The molecule has 10 atom stereocenters. The van der Waals surface area contributed by atoms with Gasteiger partial charge in [0.25, 0.3) is 0 Å². The van der Waals surface area contributed by atoms with Crippen LogP contribution in [0, 0.1) is 0 Å². The van der Waals surface area contributed by atoms with Gasteiger partial charge >= 0.3 is 0 Å². The van der Waals surface area contributed by atoms with Crippen molar-refractivity contribution in [3.8, 4) is 0 Å². The molecule has 11 heteroatoms. The van der Waals surface area contributed by atoms with Crippen molar-refractivity contribution in [3.05, 3.63) is 0 Å². The van der Waals surface area contributed by atoms with Gasteiger partial charge in [0, 0.05) is 0 Å². The molecule has 0 aromatic carbocycles. The maximum atomic E-state index is 9.78. The van der Waals surface area contributed by atoms with Crippen LogP contribution in [0.5, 0.6) is 0 Å². The second-order valence-electron chi connectivity index (χ2n) is 5.57. The summed E-state index contributed by atoms with van der Waals surface area (Å²) in [7, 11) is 0. The van der Waals surface area contributed by atoms with Gasteiger partial charge in [-0.2, -0.15) is 0 Å². The summed E-state index contributed by atoms with van der Waals surface area (Å²) in [6.45, 7) is -1.10. The van der Waals surface area contributed by atoms with Crippen LogP contribution in [-0.2, 0) is 14.2 Å². The molecule has 23 heavy (non-hydrogen) atoms. The Balaban J connectivity index is 1.94. The van der Waals surface area contributed by atoms with E-state index >= 15 is 0 Å². The fourth-order valence-corrected chi connectivity index (χ4v) is 2.46. The summed E-state index contributed by atoms with van der Waals surface area (Å²) >= 11 is 0. The third-order valence-electron chi connectivity index (χ3n) is 3.96. The molecule has 136 valence electrons. The zero-order valence-electron chi connectivity index (χ0n) is 12.0. The molecule has 2 saturated heterocycles. The highest BCUT2D eigenvalue weighted by molar-refractivity contribution is 4.91. The van der Waals surface area contributed by atoms with E-state index in [2.05, 4.69) is 0 Å². The summed E-state index contributed by atoms with van der Waals surface area (Å²) in [5, 5.41) is 76.1. The molecule has 0 radical (unpaired) electrons. The minimum absolute atomic E-state index is 0.468. The maximum absolute atomic E-state index is 9.78. The predicted octanol–water partition coefficient (Wildman–Crippen LogP) is -5.40. The second kappa shape index (κ2) is 7.63. The average Bonchev–Trinajstić information content (AvgIpc) is 2.54. The third-order valence-corrected chi connectivity index (χ3v) is 3.96. The highest BCUT2D eigenvalue weighted by Gasteiger charge is 2.46. The zero-order valence-corrected chi connectivity index (χ0v) is 12.0. The topological polar surface area (TPSA) is 190 Å². The Bertz CT molecular complexity index is 380. The van der Waals surface area contributed by atoms with E-state index in [1.165, 1.54) is 0 Å². The molecule has 11 nitrogen and oxygen atoms in total. The van der Waals surface area contributed by atoms with Crippen molar-refractivity contribution in [3.63, 3.8) is 0 Å². The summed E-state index contributed by atoms with van der Waals surface area (Å²) < 4.78 is 15.1. The monoisotopic (exact) mass is 342 g/mol. The van der Waals surface area contributed by atoms with Crippen LogP contribution >= 0.6 is 0 Å². The van der Waals surface area contributed by atoms with Gasteiger partial charge < -0.3 is 55.1 Å². The fraction of sp³-hybridized carbons (Fsp3) is 1.00. The highest BCUT2D eigenvalue weighted by atomic mass is 16.7. The van der Waals surface area contributed by atoms with Crippen LogP contribution in [0.4, 0.5) is 0 Å². The molecule has 2 aliphatic heterocycles. The number of hydrogen-bond acceptors (Lipinski definition) is 11. The number of rotatable bonds is 4. The first-order valence-electron chi connectivity index (χ1n) is 7.07. The Kier molecular flexibility index (Phi) is 6.27. The second-order valence-corrected chi connectivity index (χ2v) is 5.57. The molecule has 2 heterocycles. The largest absolute Gasteiger partial charge is 0.394 e. The summed E-state index contributed by atoms with van der Waals surface area (Å²) in [6.07, 6.45) is -15.3. The van der Waals surface area contributed by atoms with Crippen molar-refractivity contribution in [2.75, 3.05) is 13.2 Å². The Morgan fingerprint density at radius 1 is 0.652 bits per heavy atom. The maximum Gasteiger partial charge on any atom is 0.186 e. The Morgan fingerprint density at radius 3 is 1.83 bits per heavy atom. The van der Waals surface area contributed by atoms with Crippen LogP contribution in [0.15, 0.2) is 0 Å². The summed E-state index contributed by atoms with van der Waals surface area (Å²) in [5.74, 6) is 0. The normalized spacial score (nSPS) is 51.7. The molecule has 2 rings (SSSR count). The van der Waals surface area contributed by atoms with Gasteiger partial charge in [-0.1, -0.05) is 0 Å². The lowest BCUT2D eigenvalue weighted by Crippen LogP contribution is -2.61. The molecular formula is C12H22O11. The Labute approximate surface area is 130 Å². The van der Waals surface area contributed by atoms with Gasteiger partial charge in [0.15, 0.2) is 12.6 Å². The molecule has 0 bridgehead atoms. The number of aliphatic hydroxyl groups excluding tert-OH is 8. The molecule has 0 unspecified atom stereocenters. The molecule has 8 N–H and O–H groups in total. The first-order chi connectivity index (χ1) is 10.8. The van der Waals surface area contributed by atoms with Crippen LogP contribution in [0.3, 0.4) is 0 Å². The quantitative estimate of drug-likeness (QED) is 0.243. The van der Waals surface area contributed by atoms with Crippen molar-refractivity contribution in [1.82, 2.24) is 0 Å². The van der Waals surface area contributed by atoms with Crippen molar-refractivity contribution in [2.45, 2.75) is 61.4 Å². The molecule has 0 aromatic heterocycles. The van der Waals surface area contributed by atoms with Gasteiger partial charge in [-0.3, -0.25) is 0 Å². The molecule has 0 amide bonds. The number of hydrogen-bond donors (Lipinski definition) is 8. The molecular weight excluding hydrogens is 320 g/mol. The van der Waals surface area contributed by atoms with Gasteiger partial charge in [-0.25, -0.2) is 0 Å². The summed E-state index contributed by atoms with van der Waals surface area (Å²) in [6, 6.07) is 0. The van der Waals surface area contributed by atoms with Crippen molar-refractivity contribution in [1.29, 1.82) is 0 Å². The predicted molar refractivity (Wildman–Crippen MR) is 68.6 cm³/mol. The molecule has 0 spiro atoms. The van der Waals surface area contributed by atoms with E-state index in [1.807, 2.05) is 0 Å². The molecule has 2 fully saturated rings. The van der Waals surface area contributed by atoms with E-state index in [9.17, 15) is 35.7 Å². The highest BCUT2D eigenvalue weighted by Crippen LogP contribution is 2.24. The minimum atomic E-state index is -1.74. The Morgan fingerprint density at radius 2 is 1.22 bits per heavy atom. The van der Waals surface area contributed by atoms with Crippen LogP contribution in [0.25, 0.3) is 0 Å². The van der Waals surface area contributed by atoms with E-state index in [0.29, 0.717) is 0 Å². The van der Waals surface area contributed by atoms with Gasteiger partial charge in [0.2, 0.25) is 0 Å². The van der Waals surface area contributed by atoms with E-state index in [4.69, 9.17) is 19.3 Å². The van der Waals surface area contributed by atoms with Crippen molar-refractivity contribution >= 4 is 0 Å². The summed E-state index contributed by atoms with van der Waals surface area (Å²) in [5.41, 5.74) is 0. The minimum Gasteiger partial charge on any atom is -0.394 e. The SMILES string of the molecule is OC[C@H]1O[C@H](OC[C@H]2O[C@H](O)[C@@H](O)[C@@H](O)[C@@H]2O)[C@H](O)[C@@H](O)[C@H]1O. The molecule has 0 saturated carbocycles. The van der Waals surface area contributed by atoms with E-state index in [1.54, 1.807) is 0 Å². The molecule has 0 aromatic rings. The van der Waals surface area contributed by atoms with E-state index in [-0.39, 0.29) is 0 Å². The zero-order chi connectivity index (χ0) is 17.3. The van der Waals surface area contributed by atoms with Crippen LogP contribution < -0.4 is 0 Å². The smallest absolute Gasteiger partial charge is 0.186 e. The van der Waals surface area contributed by atoms with Gasteiger partial charge in [0.05, 0.1) is 13.2 Å². The third kappa shape index (κ3) is 3.81. The van der Waals surface area contributed by atoms with Crippen molar-refractivity contribution < 1.29 is 55.1 Å². The van der Waals surface area contributed by atoms with Gasteiger partial charge in [-0.05, 0) is 0 Å². The van der Waals surface area contributed by atoms with E-state index in [0.717, 1.165) is 0 Å². The molecule has 0 aliphatic carbocycles. The van der Waals surface area contributed by atoms with E-state index < -0.39 is 74.6 Å². The van der Waals surface area contributed by atoms with Crippen LogP contribution in [0.1, 0.15) is 0 Å². The first kappa shape index (κ1) is 18.9. The standard InChI is InChI=1S/C12H22O11/c13-1-3-5(14)8(17)10(19)12(23-3)21-2-4-6(15)7(16)9(18)11(20)22-4/h3-20H,1-2H2/t3-,4-,5+,6-,7+,8+,9+,10-,11+,12+/m1/s1. The first-order valence-corrected chi connectivity index (χ1v) is 7.07. The molecule has 2 aliphatic rings.